The minimum Gasteiger partial charge on any atom is -0.481 e. The molecule has 1 fully saturated rings. The summed E-state index contributed by atoms with van der Waals surface area (Å²) in [5.74, 6) is -1.29. The second kappa shape index (κ2) is 4.45. The lowest BCUT2D eigenvalue weighted by Gasteiger charge is -2.19. The molecule has 3 nitrogen and oxygen atoms in total. The van der Waals surface area contributed by atoms with Crippen LogP contribution in [0.15, 0.2) is 18.2 Å². The third kappa shape index (κ3) is 2.31. The molecule has 0 bridgehead atoms. The van der Waals surface area contributed by atoms with Gasteiger partial charge in [-0.15, -0.1) is 0 Å². The summed E-state index contributed by atoms with van der Waals surface area (Å²) < 4.78 is 13.2. The number of aryl methyl sites for hydroxylation is 1. The number of rotatable bonds is 2. The van der Waals surface area contributed by atoms with Crippen LogP contribution in [0, 0.1) is 18.7 Å². The normalized spacial score (nSPS) is 25.1. The highest BCUT2D eigenvalue weighted by atomic mass is 19.1. The minimum atomic E-state index is -0.752. The SMILES string of the molecule is Cc1cc(C2CC(C(=O)O)CN2C)ccc1F. The van der Waals surface area contributed by atoms with E-state index in [0.29, 0.717) is 18.5 Å². The molecule has 2 unspecified atom stereocenters. The van der Waals surface area contributed by atoms with E-state index in [2.05, 4.69) is 0 Å². The molecule has 1 aromatic carbocycles. The third-order valence-electron chi connectivity index (χ3n) is 3.46. The fourth-order valence-corrected chi connectivity index (χ4v) is 2.44. The Morgan fingerprint density at radius 2 is 2.24 bits per heavy atom. The molecule has 1 aliphatic heterocycles. The molecule has 1 aromatic rings. The van der Waals surface area contributed by atoms with E-state index in [1.807, 2.05) is 11.9 Å². The zero-order chi connectivity index (χ0) is 12.6. The quantitative estimate of drug-likeness (QED) is 0.857. The van der Waals surface area contributed by atoms with Gasteiger partial charge in [-0.25, -0.2) is 4.39 Å². The van der Waals surface area contributed by atoms with Gasteiger partial charge in [0.25, 0.3) is 0 Å². The number of nitrogens with zero attached hydrogens (tertiary/aromatic N) is 1. The fourth-order valence-electron chi connectivity index (χ4n) is 2.44. The van der Waals surface area contributed by atoms with Crippen molar-refractivity contribution in [3.8, 4) is 0 Å². The Labute approximate surface area is 99.9 Å². The van der Waals surface area contributed by atoms with E-state index in [1.165, 1.54) is 6.07 Å². The molecular formula is C13H16FNO2. The van der Waals surface area contributed by atoms with Gasteiger partial charge in [0.05, 0.1) is 5.92 Å². The lowest BCUT2D eigenvalue weighted by atomic mass is 9.98. The highest BCUT2D eigenvalue weighted by Crippen LogP contribution is 2.34. The van der Waals surface area contributed by atoms with Crippen LogP contribution in [-0.4, -0.2) is 29.6 Å². The Morgan fingerprint density at radius 3 is 2.76 bits per heavy atom. The molecular weight excluding hydrogens is 221 g/mol. The Balaban J connectivity index is 2.22. The first-order chi connectivity index (χ1) is 7.99. The van der Waals surface area contributed by atoms with Gasteiger partial charge in [0.1, 0.15) is 5.82 Å². The lowest BCUT2D eigenvalue weighted by molar-refractivity contribution is -0.141. The summed E-state index contributed by atoms with van der Waals surface area (Å²) >= 11 is 0. The lowest BCUT2D eigenvalue weighted by Crippen LogP contribution is -2.20. The highest BCUT2D eigenvalue weighted by Gasteiger charge is 2.34. The predicted octanol–water partition coefficient (Wildman–Crippen LogP) is 2.21. The van der Waals surface area contributed by atoms with E-state index in [0.717, 1.165) is 5.56 Å². The molecule has 0 aliphatic carbocycles. The fraction of sp³-hybridized carbons (Fsp3) is 0.462. The number of hydrogen-bond acceptors (Lipinski definition) is 2. The van der Waals surface area contributed by atoms with Gasteiger partial charge in [-0.1, -0.05) is 12.1 Å². The Hall–Kier alpha value is -1.42. The molecule has 4 heteroatoms. The van der Waals surface area contributed by atoms with E-state index in [9.17, 15) is 9.18 Å². The van der Waals surface area contributed by atoms with Crippen LogP contribution in [0.1, 0.15) is 23.6 Å². The Morgan fingerprint density at radius 1 is 1.53 bits per heavy atom. The zero-order valence-electron chi connectivity index (χ0n) is 9.98. The average Bonchev–Trinajstić information content (AvgIpc) is 2.65. The number of carbonyl (C=O) groups is 1. The smallest absolute Gasteiger partial charge is 0.307 e. The molecule has 17 heavy (non-hydrogen) atoms. The first-order valence-corrected chi connectivity index (χ1v) is 5.68. The summed E-state index contributed by atoms with van der Waals surface area (Å²) in [6, 6.07) is 5.08. The van der Waals surface area contributed by atoms with Crippen LogP contribution < -0.4 is 0 Å². The molecule has 2 rings (SSSR count). The van der Waals surface area contributed by atoms with Crippen LogP contribution in [0.25, 0.3) is 0 Å². The van der Waals surface area contributed by atoms with Crippen LogP contribution in [0.5, 0.6) is 0 Å². The predicted molar refractivity (Wildman–Crippen MR) is 62.3 cm³/mol. The summed E-state index contributed by atoms with van der Waals surface area (Å²) in [4.78, 5) is 13.0. The number of aliphatic carboxylic acids is 1. The van der Waals surface area contributed by atoms with Crippen molar-refractivity contribution in [1.29, 1.82) is 0 Å². The number of carboxylic acids is 1. The van der Waals surface area contributed by atoms with E-state index in [-0.39, 0.29) is 17.8 Å². The zero-order valence-corrected chi connectivity index (χ0v) is 9.98. The van der Waals surface area contributed by atoms with Crippen LogP contribution in [0.3, 0.4) is 0 Å². The number of hydrogen-bond donors (Lipinski definition) is 1. The van der Waals surface area contributed by atoms with Gasteiger partial charge in [-0.05, 0) is 37.6 Å². The first kappa shape index (κ1) is 12.0. The van der Waals surface area contributed by atoms with Crippen molar-refractivity contribution in [3.05, 3.63) is 35.1 Å². The third-order valence-corrected chi connectivity index (χ3v) is 3.46. The van der Waals surface area contributed by atoms with Crippen LogP contribution in [0.4, 0.5) is 4.39 Å². The topological polar surface area (TPSA) is 40.5 Å². The highest BCUT2D eigenvalue weighted by molar-refractivity contribution is 5.70. The first-order valence-electron chi connectivity index (χ1n) is 5.68. The summed E-state index contributed by atoms with van der Waals surface area (Å²) in [5, 5.41) is 9.01. The standard InChI is InChI=1S/C13H16FNO2/c1-8-5-9(3-4-11(8)14)12-6-10(13(16)17)7-15(12)2/h3-5,10,12H,6-7H2,1-2H3,(H,16,17). The molecule has 1 aliphatic rings. The van der Waals surface area contributed by atoms with Crippen molar-refractivity contribution in [3.63, 3.8) is 0 Å². The molecule has 1 N–H and O–H groups in total. The number of carboxylic acid groups (broad SMARTS) is 1. The van der Waals surface area contributed by atoms with Crippen molar-refractivity contribution < 1.29 is 14.3 Å². The monoisotopic (exact) mass is 237 g/mol. The maximum atomic E-state index is 13.2. The molecule has 1 saturated heterocycles. The molecule has 0 saturated carbocycles. The second-order valence-corrected chi connectivity index (χ2v) is 4.73. The van der Waals surface area contributed by atoms with Gasteiger partial charge in [-0.3, -0.25) is 9.69 Å². The van der Waals surface area contributed by atoms with E-state index in [4.69, 9.17) is 5.11 Å². The molecule has 92 valence electrons. The second-order valence-electron chi connectivity index (χ2n) is 4.73. The molecule has 0 radical (unpaired) electrons. The van der Waals surface area contributed by atoms with Gasteiger partial charge >= 0.3 is 5.97 Å². The molecule has 0 aromatic heterocycles. The summed E-state index contributed by atoms with van der Waals surface area (Å²) in [5.41, 5.74) is 1.60. The molecule has 0 spiro atoms. The molecule has 2 atom stereocenters. The van der Waals surface area contributed by atoms with Crippen LogP contribution >= 0.6 is 0 Å². The van der Waals surface area contributed by atoms with Gasteiger partial charge in [0.15, 0.2) is 0 Å². The average molecular weight is 237 g/mol. The molecule has 0 amide bonds. The maximum absolute atomic E-state index is 13.2. The largest absolute Gasteiger partial charge is 0.481 e. The minimum absolute atomic E-state index is 0.0791. The number of halogens is 1. The van der Waals surface area contributed by atoms with Crippen molar-refractivity contribution >= 4 is 5.97 Å². The summed E-state index contributed by atoms with van der Waals surface area (Å²) in [6.45, 7) is 2.28. The van der Waals surface area contributed by atoms with Crippen molar-refractivity contribution in [1.82, 2.24) is 4.90 Å². The molecule has 1 heterocycles. The van der Waals surface area contributed by atoms with E-state index >= 15 is 0 Å². The van der Waals surface area contributed by atoms with Gasteiger partial charge in [0, 0.05) is 12.6 Å². The summed E-state index contributed by atoms with van der Waals surface area (Å²) in [7, 11) is 1.91. The number of benzene rings is 1. The van der Waals surface area contributed by atoms with Crippen molar-refractivity contribution in [2.24, 2.45) is 5.92 Å². The summed E-state index contributed by atoms with van der Waals surface area (Å²) in [6.07, 6.45) is 0.594. The maximum Gasteiger partial charge on any atom is 0.307 e. The van der Waals surface area contributed by atoms with Crippen LogP contribution in [-0.2, 0) is 4.79 Å². The van der Waals surface area contributed by atoms with Crippen molar-refractivity contribution in [2.45, 2.75) is 19.4 Å². The number of likely N-dealkylation sites (tertiary alicyclic amines) is 1. The van der Waals surface area contributed by atoms with Crippen LogP contribution in [0.2, 0.25) is 0 Å². The Kier molecular flexibility index (Phi) is 3.15. The van der Waals surface area contributed by atoms with Gasteiger partial charge in [0.2, 0.25) is 0 Å². The van der Waals surface area contributed by atoms with E-state index < -0.39 is 5.97 Å². The van der Waals surface area contributed by atoms with Crippen molar-refractivity contribution in [2.75, 3.05) is 13.6 Å². The Bertz CT molecular complexity index is 447. The van der Waals surface area contributed by atoms with E-state index in [1.54, 1.807) is 19.1 Å². The van der Waals surface area contributed by atoms with Gasteiger partial charge < -0.3 is 5.11 Å². The van der Waals surface area contributed by atoms with Gasteiger partial charge in [-0.2, -0.15) is 0 Å².